The van der Waals surface area contributed by atoms with E-state index in [0.29, 0.717) is 28.5 Å². The molecular weight excluding hydrogens is 671 g/mol. The summed E-state index contributed by atoms with van der Waals surface area (Å²) in [5.74, 6) is 4.70. The van der Waals surface area contributed by atoms with Crippen molar-refractivity contribution in [2.75, 3.05) is 0 Å². The van der Waals surface area contributed by atoms with Crippen LogP contribution in [0.3, 0.4) is 0 Å². The average molecular weight is 710 g/mol. The van der Waals surface area contributed by atoms with E-state index in [4.69, 9.17) is 15.0 Å². The second-order valence-corrected chi connectivity index (χ2v) is 16.2. The van der Waals surface area contributed by atoms with Crippen LogP contribution in [0.25, 0.3) is 72.8 Å². The van der Waals surface area contributed by atoms with Gasteiger partial charge >= 0.3 is 0 Å². The van der Waals surface area contributed by atoms with Crippen molar-refractivity contribution >= 4 is 21.8 Å². The van der Waals surface area contributed by atoms with Gasteiger partial charge < -0.3 is 4.57 Å². The lowest BCUT2D eigenvalue weighted by Gasteiger charge is -2.57. The van der Waals surface area contributed by atoms with Crippen LogP contribution >= 0.6 is 0 Å². The molecule has 12 rings (SSSR count). The third kappa shape index (κ3) is 5.39. The Morgan fingerprint density at radius 2 is 1.07 bits per heavy atom. The number of hydrogen-bond donors (Lipinski definition) is 0. The molecule has 0 spiro atoms. The van der Waals surface area contributed by atoms with Gasteiger partial charge in [0.05, 0.1) is 22.7 Å². The van der Waals surface area contributed by atoms with Gasteiger partial charge in [-0.1, -0.05) is 97.1 Å². The fourth-order valence-electron chi connectivity index (χ4n) is 10.8. The van der Waals surface area contributed by atoms with Gasteiger partial charge in [-0.15, -0.1) is 0 Å². The summed E-state index contributed by atoms with van der Waals surface area (Å²) in [7, 11) is 0. The summed E-state index contributed by atoms with van der Waals surface area (Å²) in [5.41, 5.74) is 10.9. The zero-order valence-electron chi connectivity index (χ0n) is 30.6. The molecule has 0 atom stereocenters. The van der Waals surface area contributed by atoms with Crippen molar-refractivity contribution < 1.29 is 0 Å². The molecule has 5 heteroatoms. The number of rotatable bonds is 6. The van der Waals surface area contributed by atoms with Crippen LogP contribution in [0.1, 0.15) is 49.7 Å². The first kappa shape index (κ1) is 32.1. The Morgan fingerprint density at radius 1 is 0.509 bits per heavy atom. The standard InChI is InChI=1S/C50H39N5/c51-31-32-14-23-46-44(27-32)42-11-6-7-13-45(42)55(46)40-21-17-38(18-22-40)48-52-47(37-8-2-1-3-9-37)53-49(54-48)43-12-5-4-10-41(43)36-15-19-39(20-16-36)50-28-33-24-34(29-50)26-35(25-33)30-50/h1-23,27,33-35H,24-26,28-30H2/t33-,34+,35-,50?. The van der Waals surface area contributed by atoms with Gasteiger partial charge in [-0.2, -0.15) is 5.26 Å². The number of nitriles is 1. The Kier molecular flexibility index (Phi) is 7.35. The van der Waals surface area contributed by atoms with E-state index in [1.807, 2.05) is 42.5 Å². The number of aromatic nitrogens is 4. The van der Waals surface area contributed by atoms with Gasteiger partial charge in [0.1, 0.15) is 0 Å². The van der Waals surface area contributed by atoms with Crippen LogP contribution in [0.2, 0.25) is 0 Å². The minimum atomic E-state index is 0.374. The molecule has 0 unspecified atom stereocenters. The first-order chi connectivity index (χ1) is 27.1. The Bertz CT molecular complexity index is 2760. The van der Waals surface area contributed by atoms with E-state index in [0.717, 1.165) is 67.5 Å². The molecule has 4 fully saturated rings. The Balaban J connectivity index is 0.987. The van der Waals surface area contributed by atoms with Crippen LogP contribution < -0.4 is 0 Å². The largest absolute Gasteiger partial charge is 0.309 e. The first-order valence-corrected chi connectivity index (χ1v) is 19.7. The van der Waals surface area contributed by atoms with E-state index in [2.05, 4.69) is 114 Å². The topological polar surface area (TPSA) is 67.4 Å². The number of benzene rings is 6. The molecule has 4 aliphatic rings. The quantitative estimate of drug-likeness (QED) is 0.172. The maximum atomic E-state index is 9.61. The highest BCUT2D eigenvalue weighted by atomic mass is 15.0. The maximum absolute atomic E-state index is 9.61. The molecule has 0 radical (unpaired) electrons. The predicted molar refractivity (Wildman–Crippen MR) is 220 cm³/mol. The minimum absolute atomic E-state index is 0.374. The van der Waals surface area contributed by atoms with E-state index in [1.165, 1.54) is 49.7 Å². The second-order valence-electron chi connectivity index (χ2n) is 16.2. The van der Waals surface area contributed by atoms with Crippen molar-refractivity contribution in [3.8, 4) is 57.0 Å². The molecule has 4 bridgehead atoms. The first-order valence-electron chi connectivity index (χ1n) is 19.7. The van der Waals surface area contributed by atoms with E-state index in [-0.39, 0.29) is 0 Å². The monoisotopic (exact) mass is 709 g/mol. The summed E-state index contributed by atoms with van der Waals surface area (Å²) < 4.78 is 2.26. The molecule has 0 amide bonds. The molecule has 0 N–H and O–H groups in total. The number of fused-ring (bicyclic) bond motifs is 3. The molecule has 4 saturated carbocycles. The van der Waals surface area contributed by atoms with Gasteiger partial charge in [0.25, 0.3) is 0 Å². The van der Waals surface area contributed by atoms with Crippen molar-refractivity contribution in [2.45, 2.75) is 43.9 Å². The van der Waals surface area contributed by atoms with Gasteiger partial charge in [0.2, 0.25) is 0 Å². The molecule has 8 aromatic rings. The van der Waals surface area contributed by atoms with Crippen LogP contribution in [0.5, 0.6) is 0 Å². The van der Waals surface area contributed by atoms with Gasteiger partial charge in [-0.3, -0.25) is 0 Å². The molecule has 2 aromatic heterocycles. The fraction of sp³-hybridized carbons (Fsp3) is 0.200. The minimum Gasteiger partial charge on any atom is -0.309 e. The van der Waals surface area contributed by atoms with Crippen LogP contribution in [-0.4, -0.2) is 19.5 Å². The third-order valence-corrected chi connectivity index (χ3v) is 12.9. The lowest BCUT2D eigenvalue weighted by molar-refractivity contribution is -0.00518. The van der Waals surface area contributed by atoms with E-state index >= 15 is 0 Å². The van der Waals surface area contributed by atoms with E-state index in [9.17, 15) is 5.26 Å². The Hall–Kier alpha value is -6.38. The summed E-state index contributed by atoms with van der Waals surface area (Å²) in [6.07, 6.45) is 8.48. The molecule has 55 heavy (non-hydrogen) atoms. The zero-order valence-corrected chi connectivity index (χ0v) is 30.6. The second kappa shape index (κ2) is 12.6. The summed E-state index contributed by atoms with van der Waals surface area (Å²) in [4.78, 5) is 15.4. The van der Waals surface area contributed by atoms with E-state index < -0.39 is 0 Å². The summed E-state index contributed by atoms with van der Waals surface area (Å²) in [5, 5.41) is 11.8. The Morgan fingerprint density at radius 3 is 1.76 bits per heavy atom. The maximum Gasteiger partial charge on any atom is 0.164 e. The SMILES string of the molecule is N#Cc1ccc2c(c1)c1ccccc1n2-c1ccc(-c2nc(-c3ccccc3)nc(-c3ccccc3-c3ccc(C45C[C@H]6C[C@@H](C4)C[C@@H](C5)C6)cc3)n2)cc1. The highest BCUT2D eigenvalue weighted by molar-refractivity contribution is 6.09. The third-order valence-electron chi connectivity index (χ3n) is 12.9. The molecule has 264 valence electrons. The lowest BCUT2D eigenvalue weighted by atomic mass is 9.48. The van der Waals surface area contributed by atoms with Gasteiger partial charge in [-0.25, -0.2) is 15.0 Å². The normalized spacial score (nSPS) is 21.3. The predicted octanol–water partition coefficient (Wildman–Crippen LogP) is 12.0. The van der Waals surface area contributed by atoms with Gasteiger partial charge in [0.15, 0.2) is 17.5 Å². The zero-order chi connectivity index (χ0) is 36.5. The molecule has 0 saturated heterocycles. The van der Waals surface area contributed by atoms with Crippen LogP contribution in [0.4, 0.5) is 0 Å². The highest BCUT2D eigenvalue weighted by Gasteiger charge is 2.51. The molecule has 2 heterocycles. The molecule has 6 aromatic carbocycles. The molecule has 4 aliphatic carbocycles. The lowest BCUT2D eigenvalue weighted by Crippen LogP contribution is -2.48. The van der Waals surface area contributed by atoms with Crippen LogP contribution in [0, 0.1) is 29.1 Å². The van der Waals surface area contributed by atoms with Crippen LogP contribution in [0.15, 0.2) is 146 Å². The summed E-state index contributed by atoms with van der Waals surface area (Å²) >= 11 is 0. The fourth-order valence-corrected chi connectivity index (χ4v) is 10.8. The van der Waals surface area contributed by atoms with Crippen molar-refractivity contribution in [1.29, 1.82) is 5.26 Å². The number of para-hydroxylation sites is 1. The van der Waals surface area contributed by atoms with Crippen molar-refractivity contribution in [1.82, 2.24) is 19.5 Å². The smallest absolute Gasteiger partial charge is 0.164 e. The molecular formula is C50H39N5. The molecule has 5 nitrogen and oxygen atoms in total. The Labute approximate surface area is 321 Å². The summed E-state index contributed by atoms with van der Waals surface area (Å²) in [6.45, 7) is 0. The van der Waals surface area contributed by atoms with Crippen molar-refractivity contribution in [2.24, 2.45) is 17.8 Å². The average Bonchev–Trinajstić information content (AvgIpc) is 3.57. The highest BCUT2D eigenvalue weighted by Crippen LogP contribution is 2.60. The van der Waals surface area contributed by atoms with Gasteiger partial charge in [0, 0.05) is 33.2 Å². The number of nitrogens with zero attached hydrogens (tertiary/aromatic N) is 5. The summed E-state index contributed by atoms with van der Waals surface area (Å²) in [6, 6.07) is 53.3. The molecule has 0 aliphatic heterocycles. The van der Waals surface area contributed by atoms with Crippen molar-refractivity contribution in [3.63, 3.8) is 0 Å². The van der Waals surface area contributed by atoms with Crippen molar-refractivity contribution in [3.05, 3.63) is 157 Å². The number of hydrogen-bond acceptors (Lipinski definition) is 4. The van der Waals surface area contributed by atoms with E-state index in [1.54, 1.807) is 0 Å². The van der Waals surface area contributed by atoms with Gasteiger partial charge in [-0.05, 0) is 127 Å². The van der Waals surface area contributed by atoms with Crippen LogP contribution in [-0.2, 0) is 5.41 Å².